The van der Waals surface area contributed by atoms with Crippen LogP contribution in [-0.4, -0.2) is 24.7 Å². The zero-order valence-corrected chi connectivity index (χ0v) is 10.9. The molecule has 0 unspecified atom stereocenters. The Morgan fingerprint density at radius 1 is 1.33 bits per heavy atom. The number of hydrogen-bond acceptors (Lipinski definition) is 4. The lowest BCUT2D eigenvalue weighted by molar-refractivity contribution is -0.384. The number of nitrogens with one attached hydrogen (secondary N) is 1. The molecule has 0 aliphatic rings. The zero-order valence-electron chi connectivity index (χ0n) is 10.9. The fourth-order valence-electron chi connectivity index (χ4n) is 1.43. The van der Waals surface area contributed by atoms with Crippen molar-refractivity contribution in [3.63, 3.8) is 0 Å². The molecule has 1 aromatic carbocycles. The van der Waals surface area contributed by atoms with E-state index in [9.17, 15) is 10.1 Å². The Labute approximate surface area is 107 Å². The summed E-state index contributed by atoms with van der Waals surface area (Å²) in [4.78, 5) is 10.1. The number of hydrogen-bond donors (Lipinski definition) is 1. The van der Waals surface area contributed by atoms with Crippen molar-refractivity contribution in [1.82, 2.24) is 0 Å². The smallest absolute Gasteiger partial charge is 0.269 e. The third-order valence-electron chi connectivity index (χ3n) is 2.32. The van der Waals surface area contributed by atoms with Crippen LogP contribution in [0, 0.1) is 16.0 Å². The SMILES string of the molecule is CC(C)COCCCNc1ccc([N+](=O)[O-])cc1. The van der Waals surface area contributed by atoms with Crippen LogP contribution in [0.3, 0.4) is 0 Å². The highest BCUT2D eigenvalue weighted by Crippen LogP contribution is 2.15. The zero-order chi connectivity index (χ0) is 13.4. The molecule has 0 fully saturated rings. The minimum atomic E-state index is -0.399. The summed E-state index contributed by atoms with van der Waals surface area (Å²) in [7, 11) is 0. The van der Waals surface area contributed by atoms with E-state index in [0.29, 0.717) is 5.92 Å². The summed E-state index contributed by atoms with van der Waals surface area (Å²) in [5.74, 6) is 0.563. The van der Waals surface area contributed by atoms with Crippen LogP contribution in [0.4, 0.5) is 11.4 Å². The lowest BCUT2D eigenvalue weighted by Crippen LogP contribution is -2.08. The van der Waals surface area contributed by atoms with Crippen molar-refractivity contribution in [2.24, 2.45) is 5.92 Å². The van der Waals surface area contributed by atoms with Gasteiger partial charge in [-0.3, -0.25) is 10.1 Å². The molecule has 0 aliphatic carbocycles. The molecule has 0 amide bonds. The fraction of sp³-hybridized carbons (Fsp3) is 0.538. The van der Waals surface area contributed by atoms with E-state index in [-0.39, 0.29) is 5.69 Å². The molecule has 18 heavy (non-hydrogen) atoms. The van der Waals surface area contributed by atoms with Gasteiger partial charge in [-0.25, -0.2) is 0 Å². The van der Waals surface area contributed by atoms with Crippen molar-refractivity contribution in [2.75, 3.05) is 25.1 Å². The van der Waals surface area contributed by atoms with E-state index >= 15 is 0 Å². The minimum absolute atomic E-state index is 0.112. The van der Waals surface area contributed by atoms with Crippen LogP contribution in [0.25, 0.3) is 0 Å². The first-order valence-corrected chi connectivity index (χ1v) is 6.15. The fourth-order valence-corrected chi connectivity index (χ4v) is 1.43. The molecular weight excluding hydrogens is 232 g/mol. The quantitative estimate of drug-likeness (QED) is 0.438. The van der Waals surface area contributed by atoms with Crippen molar-refractivity contribution in [1.29, 1.82) is 0 Å². The van der Waals surface area contributed by atoms with E-state index in [0.717, 1.165) is 31.9 Å². The lowest BCUT2D eigenvalue weighted by Gasteiger charge is -2.08. The van der Waals surface area contributed by atoms with Crippen molar-refractivity contribution in [2.45, 2.75) is 20.3 Å². The molecule has 1 N–H and O–H groups in total. The summed E-state index contributed by atoms with van der Waals surface area (Å²) < 4.78 is 5.45. The number of nitrogens with zero attached hydrogens (tertiary/aromatic N) is 1. The average Bonchev–Trinajstić information content (AvgIpc) is 2.34. The number of anilines is 1. The maximum atomic E-state index is 10.5. The molecule has 5 nitrogen and oxygen atoms in total. The molecule has 0 saturated heterocycles. The van der Waals surface area contributed by atoms with E-state index in [4.69, 9.17) is 4.74 Å². The third-order valence-corrected chi connectivity index (χ3v) is 2.32. The lowest BCUT2D eigenvalue weighted by atomic mass is 10.2. The predicted octanol–water partition coefficient (Wildman–Crippen LogP) is 3.07. The third kappa shape index (κ3) is 5.63. The maximum absolute atomic E-state index is 10.5. The van der Waals surface area contributed by atoms with Gasteiger partial charge in [0, 0.05) is 37.6 Å². The predicted molar refractivity (Wildman–Crippen MR) is 71.9 cm³/mol. The van der Waals surface area contributed by atoms with Gasteiger partial charge in [-0.05, 0) is 24.5 Å². The minimum Gasteiger partial charge on any atom is -0.385 e. The monoisotopic (exact) mass is 252 g/mol. The number of benzene rings is 1. The second kappa shape index (κ2) is 7.66. The summed E-state index contributed by atoms with van der Waals surface area (Å²) in [6, 6.07) is 6.43. The highest BCUT2D eigenvalue weighted by atomic mass is 16.6. The molecule has 100 valence electrons. The molecule has 0 aromatic heterocycles. The Hall–Kier alpha value is -1.62. The van der Waals surface area contributed by atoms with E-state index in [1.54, 1.807) is 12.1 Å². The highest BCUT2D eigenvalue weighted by molar-refractivity contribution is 5.48. The molecule has 0 radical (unpaired) electrons. The molecule has 0 spiro atoms. The average molecular weight is 252 g/mol. The molecule has 0 aliphatic heterocycles. The van der Waals surface area contributed by atoms with Crippen molar-refractivity contribution in [3.05, 3.63) is 34.4 Å². The van der Waals surface area contributed by atoms with E-state index in [2.05, 4.69) is 19.2 Å². The number of non-ortho nitro benzene ring substituents is 1. The highest BCUT2D eigenvalue weighted by Gasteiger charge is 2.03. The van der Waals surface area contributed by atoms with Crippen molar-refractivity contribution in [3.8, 4) is 0 Å². The van der Waals surface area contributed by atoms with Crippen LogP contribution >= 0.6 is 0 Å². The molecule has 0 heterocycles. The first-order valence-electron chi connectivity index (χ1n) is 6.15. The Bertz CT molecular complexity index is 363. The molecule has 0 atom stereocenters. The van der Waals surface area contributed by atoms with E-state index in [1.165, 1.54) is 12.1 Å². The van der Waals surface area contributed by atoms with Crippen molar-refractivity contribution >= 4 is 11.4 Å². The van der Waals surface area contributed by atoms with Crippen LogP contribution in [-0.2, 0) is 4.74 Å². The van der Waals surface area contributed by atoms with Gasteiger partial charge in [0.1, 0.15) is 0 Å². The normalized spacial score (nSPS) is 10.6. The van der Waals surface area contributed by atoms with E-state index in [1.807, 2.05) is 0 Å². The second-order valence-electron chi connectivity index (χ2n) is 4.55. The van der Waals surface area contributed by atoms with Crippen molar-refractivity contribution < 1.29 is 9.66 Å². The standard InChI is InChI=1S/C13H20N2O3/c1-11(2)10-18-9-3-8-14-12-4-6-13(7-5-12)15(16)17/h4-7,11,14H,3,8-10H2,1-2H3. The summed E-state index contributed by atoms with van der Waals surface area (Å²) in [5.41, 5.74) is 1.00. The van der Waals surface area contributed by atoms with Crippen LogP contribution in [0.5, 0.6) is 0 Å². The Morgan fingerprint density at radius 3 is 2.56 bits per heavy atom. The first-order chi connectivity index (χ1) is 8.59. The summed E-state index contributed by atoms with van der Waals surface area (Å²) in [5, 5.41) is 13.7. The van der Waals surface area contributed by atoms with Crippen LogP contribution in [0.2, 0.25) is 0 Å². The van der Waals surface area contributed by atoms with Gasteiger partial charge in [0.25, 0.3) is 5.69 Å². The summed E-state index contributed by atoms with van der Waals surface area (Å²) in [6.07, 6.45) is 0.920. The molecule has 0 saturated carbocycles. The molecule has 0 bridgehead atoms. The van der Waals surface area contributed by atoms with Gasteiger partial charge in [-0.2, -0.15) is 0 Å². The molecule has 1 aromatic rings. The number of nitro benzene ring substituents is 1. The summed E-state index contributed by atoms with van der Waals surface area (Å²) in [6.45, 7) is 6.57. The van der Waals surface area contributed by atoms with E-state index < -0.39 is 4.92 Å². The van der Waals surface area contributed by atoms with Gasteiger partial charge in [-0.1, -0.05) is 13.8 Å². The van der Waals surface area contributed by atoms with Crippen LogP contribution in [0.1, 0.15) is 20.3 Å². The number of ether oxygens (including phenoxy) is 1. The second-order valence-corrected chi connectivity index (χ2v) is 4.55. The number of rotatable bonds is 8. The Balaban J connectivity index is 2.17. The van der Waals surface area contributed by atoms with Gasteiger partial charge in [0.15, 0.2) is 0 Å². The topological polar surface area (TPSA) is 64.4 Å². The van der Waals surface area contributed by atoms with Gasteiger partial charge in [-0.15, -0.1) is 0 Å². The van der Waals surface area contributed by atoms with Gasteiger partial charge in [0.2, 0.25) is 0 Å². The van der Waals surface area contributed by atoms with Gasteiger partial charge < -0.3 is 10.1 Å². The largest absolute Gasteiger partial charge is 0.385 e. The van der Waals surface area contributed by atoms with Crippen LogP contribution in [0.15, 0.2) is 24.3 Å². The number of nitro groups is 1. The Morgan fingerprint density at radius 2 is 2.00 bits per heavy atom. The summed E-state index contributed by atoms with van der Waals surface area (Å²) >= 11 is 0. The molecular formula is C13H20N2O3. The Kier molecular flexibility index (Phi) is 6.14. The molecule has 1 rings (SSSR count). The van der Waals surface area contributed by atoms with Gasteiger partial charge >= 0.3 is 0 Å². The van der Waals surface area contributed by atoms with Gasteiger partial charge in [0.05, 0.1) is 4.92 Å². The molecule has 5 heteroatoms. The first kappa shape index (κ1) is 14.4. The maximum Gasteiger partial charge on any atom is 0.269 e. The van der Waals surface area contributed by atoms with Crippen LogP contribution < -0.4 is 5.32 Å².